The van der Waals surface area contributed by atoms with Crippen molar-refractivity contribution in [3.63, 3.8) is 0 Å². The molecule has 1 amide bonds. The molecule has 2 aromatic rings. The van der Waals surface area contributed by atoms with Crippen LogP contribution in [0, 0.1) is 0 Å². The molecule has 1 atom stereocenters. The molecule has 3 aliphatic rings. The van der Waals surface area contributed by atoms with Crippen molar-refractivity contribution in [1.29, 1.82) is 0 Å². The molecular formula is C28H37N5O3. The van der Waals surface area contributed by atoms with E-state index in [0.29, 0.717) is 18.9 Å². The number of hydrogen-bond acceptors (Lipinski definition) is 7. The summed E-state index contributed by atoms with van der Waals surface area (Å²) in [6.45, 7) is 0. The summed E-state index contributed by atoms with van der Waals surface area (Å²) in [6, 6.07) is 6.00. The number of benzene rings is 1. The van der Waals surface area contributed by atoms with E-state index in [9.17, 15) is 9.59 Å². The zero-order valence-corrected chi connectivity index (χ0v) is 21.6. The SMILES string of the molecule is COc1ccc2c(c1)C(CC(=O)N[C@H]1CC[C@@H](Nc3nc4c(c(N(C)C)n3)CCCC4)CC1)CC2=O. The van der Waals surface area contributed by atoms with Gasteiger partial charge in [-0.25, -0.2) is 4.98 Å². The van der Waals surface area contributed by atoms with Gasteiger partial charge in [0.05, 0.1) is 12.8 Å². The highest BCUT2D eigenvalue weighted by Gasteiger charge is 2.32. The van der Waals surface area contributed by atoms with Gasteiger partial charge in [0.25, 0.3) is 0 Å². The van der Waals surface area contributed by atoms with E-state index in [2.05, 4.69) is 15.5 Å². The molecule has 0 saturated heterocycles. The molecule has 5 rings (SSSR count). The number of Topliss-reactive ketones (excluding diaryl/α,β-unsaturated/α-hetero) is 1. The average Bonchev–Trinajstić information content (AvgIpc) is 3.18. The van der Waals surface area contributed by atoms with Gasteiger partial charge < -0.3 is 20.3 Å². The molecule has 0 bridgehead atoms. The maximum absolute atomic E-state index is 12.9. The van der Waals surface area contributed by atoms with Crippen molar-refractivity contribution in [2.75, 3.05) is 31.4 Å². The van der Waals surface area contributed by atoms with Crippen LogP contribution in [0.5, 0.6) is 5.75 Å². The van der Waals surface area contributed by atoms with Crippen LogP contribution in [0.1, 0.15) is 84.5 Å². The van der Waals surface area contributed by atoms with Crippen LogP contribution in [-0.4, -0.2) is 54.9 Å². The number of carbonyl (C=O) groups is 2. The molecule has 1 aromatic heterocycles. The van der Waals surface area contributed by atoms with Gasteiger partial charge in [0.2, 0.25) is 11.9 Å². The van der Waals surface area contributed by atoms with E-state index in [1.54, 1.807) is 7.11 Å². The molecular weight excluding hydrogens is 454 g/mol. The summed E-state index contributed by atoms with van der Waals surface area (Å²) in [6.07, 6.45) is 8.97. The fourth-order valence-electron chi connectivity index (χ4n) is 5.97. The largest absolute Gasteiger partial charge is 0.497 e. The van der Waals surface area contributed by atoms with Crippen molar-refractivity contribution in [3.8, 4) is 5.75 Å². The minimum absolute atomic E-state index is 0.0218. The van der Waals surface area contributed by atoms with Gasteiger partial charge in [-0.2, -0.15) is 4.98 Å². The average molecular weight is 492 g/mol. The monoisotopic (exact) mass is 491 g/mol. The summed E-state index contributed by atoms with van der Waals surface area (Å²) in [5.41, 5.74) is 4.15. The van der Waals surface area contributed by atoms with Crippen molar-refractivity contribution in [2.45, 2.75) is 82.2 Å². The molecule has 192 valence electrons. The van der Waals surface area contributed by atoms with Crippen LogP contribution < -0.4 is 20.3 Å². The van der Waals surface area contributed by atoms with Crippen molar-refractivity contribution in [1.82, 2.24) is 15.3 Å². The number of aryl methyl sites for hydroxylation is 1. The Morgan fingerprint density at radius 2 is 1.83 bits per heavy atom. The lowest BCUT2D eigenvalue weighted by Crippen LogP contribution is -2.40. The number of ether oxygens (including phenoxy) is 1. The Hall–Kier alpha value is -3.16. The third kappa shape index (κ3) is 5.18. The van der Waals surface area contributed by atoms with E-state index in [0.717, 1.165) is 67.2 Å². The summed E-state index contributed by atoms with van der Waals surface area (Å²) in [7, 11) is 5.71. The first kappa shape index (κ1) is 24.5. The van der Waals surface area contributed by atoms with E-state index < -0.39 is 0 Å². The minimum atomic E-state index is -0.0762. The third-order valence-electron chi connectivity index (χ3n) is 7.87. The van der Waals surface area contributed by atoms with E-state index in [-0.39, 0.29) is 23.7 Å². The second kappa shape index (κ2) is 10.4. The Bertz CT molecular complexity index is 1140. The van der Waals surface area contributed by atoms with Gasteiger partial charge in [-0.05, 0) is 75.1 Å². The first-order valence-corrected chi connectivity index (χ1v) is 13.3. The fraction of sp³-hybridized carbons (Fsp3) is 0.571. The van der Waals surface area contributed by atoms with E-state index in [4.69, 9.17) is 14.7 Å². The number of aromatic nitrogens is 2. The van der Waals surface area contributed by atoms with E-state index in [1.807, 2.05) is 32.3 Å². The quantitative estimate of drug-likeness (QED) is 0.604. The predicted octanol–water partition coefficient (Wildman–Crippen LogP) is 4.03. The molecule has 8 heteroatoms. The third-order valence-corrected chi connectivity index (χ3v) is 7.87. The van der Waals surface area contributed by atoms with E-state index in [1.165, 1.54) is 24.1 Å². The van der Waals surface area contributed by atoms with Crippen LogP contribution in [0.25, 0.3) is 0 Å². The minimum Gasteiger partial charge on any atom is -0.497 e. The second-order valence-corrected chi connectivity index (χ2v) is 10.6. The van der Waals surface area contributed by atoms with Gasteiger partial charge in [0, 0.05) is 56.1 Å². The van der Waals surface area contributed by atoms with Crippen molar-refractivity contribution in [2.24, 2.45) is 0 Å². The maximum atomic E-state index is 12.9. The fourth-order valence-corrected chi connectivity index (χ4v) is 5.97. The van der Waals surface area contributed by atoms with Gasteiger partial charge in [-0.15, -0.1) is 0 Å². The molecule has 1 unspecified atom stereocenters. The van der Waals surface area contributed by atoms with Crippen LogP contribution in [0.15, 0.2) is 18.2 Å². The second-order valence-electron chi connectivity index (χ2n) is 10.6. The van der Waals surface area contributed by atoms with Crippen LogP contribution in [0.4, 0.5) is 11.8 Å². The Morgan fingerprint density at radius 1 is 1.08 bits per heavy atom. The van der Waals surface area contributed by atoms with Gasteiger partial charge >= 0.3 is 0 Å². The topological polar surface area (TPSA) is 96.4 Å². The smallest absolute Gasteiger partial charge is 0.225 e. The number of ketones is 1. The highest BCUT2D eigenvalue weighted by Crippen LogP contribution is 2.37. The number of rotatable bonds is 7. The summed E-state index contributed by atoms with van der Waals surface area (Å²) >= 11 is 0. The predicted molar refractivity (Wildman–Crippen MR) is 140 cm³/mol. The maximum Gasteiger partial charge on any atom is 0.225 e. The van der Waals surface area contributed by atoms with Crippen molar-refractivity contribution in [3.05, 3.63) is 40.6 Å². The van der Waals surface area contributed by atoms with E-state index >= 15 is 0 Å². The van der Waals surface area contributed by atoms with Crippen LogP contribution >= 0.6 is 0 Å². The number of nitrogens with one attached hydrogen (secondary N) is 2. The Labute approximate surface area is 213 Å². The molecule has 0 aliphatic heterocycles. The zero-order chi connectivity index (χ0) is 25.2. The Kier molecular flexibility index (Phi) is 7.12. The number of anilines is 2. The number of nitrogens with zero attached hydrogens (tertiary/aromatic N) is 3. The Morgan fingerprint density at radius 3 is 2.58 bits per heavy atom. The van der Waals surface area contributed by atoms with Crippen LogP contribution in [0.2, 0.25) is 0 Å². The van der Waals surface area contributed by atoms with Gasteiger partial charge in [0.1, 0.15) is 11.6 Å². The van der Waals surface area contributed by atoms with Crippen molar-refractivity contribution >= 4 is 23.5 Å². The van der Waals surface area contributed by atoms with Gasteiger partial charge in [-0.1, -0.05) is 0 Å². The lowest BCUT2D eigenvalue weighted by Gasteiger charge is -2.30. The Balaban J connectivity index is 1.14. The number of amides is 1. The highest BCUT2D eigenvalue weighted by molar-refractivity contribution is 6.02. The molecule has 36 heavy (non-hydrogen) atoms. The van der Waals surface area contributed by atoms with Gasteiger partial charge in [-0.3, -0.25) is 9.59 Å². The normalized spacial score (nSPS) is 23.0. The molecule has 1 heterocycles. The summed E-state index contributed by atoms with van der Waals surface area (Å²) < 4.78 is 5.32. The zero-order valence-electron chi connectivity index (χ0n) is 21.6. The number of fused-ring (bicyclic) bond motifs is 2. The van der Waals surface area contributed by atoms with Crippen molar-refractivity contribution < 1.29 is 14.3 Å². The number of methoxy groups -OCH3 is 1. The molecule has 2 N–H and O–H groups in total. The lowest BCUT2D eigenvalue weighted by atomic mass is 9.90. The summed E-state index contributed by atoms with van der Waals surface area (Å²) in [4.78, 5) is 37.0. The van der Waals surface area contributed by atoms with Crippen LogP contribution in [0.3, 0.4) is 0 Å². The number of hydrogen-bond donors (Lipinski definition) is 2. The first-order chi connectivity index (χ1) is 17.4. The summed E-state index contributed by atoms with van der Waals surface area (Å²) in [5.74, 6) is 2.54. The highest BCUT2D eigenvalue weighted by atomic mass is 16.5. The van der Waals surface area contributed by atoms with Crippen LogP contribution in [-0.2, 0) is 17.6 Å². The molecule has 8 nitrogen and oxygen atoms in total. The summed E-state index contributed by atoms with van der Waals surface area (Å²) in [5, 5.41) is 6.80. The molecule has 1 aromatic carbocycles. The molecule has 1 saturated carbocycles. The first-order valence-electron chi connectivity index (χ1n) is 13.3. The van der Waals surface area contributed by atoms with Gasteiger partial charge in [0.15, 0.2) is 5.78 Å². The molecule has 3 aliphatic carbocycles. The lowest BCUT2D eigenvalue weighted by molar-refractivity contribution is -0.122. The molecule has 0 spiro atoms. The molecule has 0 radical (unpaired) electrons. The number of carbonyl (C=O) groups excluding carboxylic acids is 2. The molecule has 1 fully saturated rings. The standard InChI is InChI=1S/C28H37N5O3/c1-33(2)27-22-6-4-5-7-24(22)31-28(32-27)30-19-10-8-18(9-11-19)29-26(35)15-17-14-25(34)21-13-12-20(36-3)16-23(17)21/h12-13,16-19H,4-11,14-15H2,1-3H3,(H,29,35)(H,30,31,32)/t17?,18-,19+.